The molecule has 0 unspecified atom stereocenters. The van der Waals surface area contributed by atoms with E-state index < -0.39 is 5.97 Å². The van der Waals surface area contributed by atoms with Gasteiger partial charge in [0.15, 0.2) is 0 Å². The van der Waals surface area contributed by atoms with Gasteiger partial charge in [-0.3, -0.25) is 4.90 Å². The molecule has 20 heavy (non-hydrogen) atoms. The predicted molar refractivity (Wildman–Crippen MR) is 78.4 cm³/mol. The van der Waals surface area contributed by atoms with Crippen LogP contribution < -0.4 is 0 Å². The summed E-state index contributed by atoms with van der Waals surface area (Å²) in [4.78, 5) is 13.1. The minimum atomic E-state index is -1.02. The number of nitrogens with zero attached hydrogens (tertiary/aromatic N) is 1. The van der Waals surface area contributed by atoms with Crippen LogP contribution in [0.25, 0.3) is 0 Å². The average molecular weight is 281 g/mol. The molecule has 0 aliphatic rings. The first kappa shape index (κ1) is 16.6. The Bertz CT molecular complexity index is 446. The molecule has 0 aromatic heterocycles. The van der Waals surface area contributed by atoms with Crippen molar-refractivity contribution in [2.45, 2.75) is 52.6 Å². The van der Waals surface area contributed by atoms with Crippen LogP contribution in [0.1, 0.15) is 56.0 Å². The minimum Gasteiger partial charge on any atom is -0.478 e. The lowest BCUT2D eigenvalue weighted by molar-refractivity contribution is 0.0696. The third-order valence-electron chi connectivity index (χ3n) is 3.45. The van der Waals surface area contributed by atoms with Crippen LogP contribution in [-0.2, 0) is 6.54 Å². The van der Waals surface area contributed by atoms with Crippen LogP contribution >= 0.6 is 0 Å². The van der Waals surface area contributed by atoms with Crippen molar-refractivity contribution >= 4 is 5.97 Å². The van der Waals surface area contributed by atoms with E-state index >= 15 is 0 Å². The maximum Gasteiger partial charge on any atom is 0.335 e. The van der Waals surface area contributed by atoms with Gasteiger partial charge in [-0.15, -0.1) is 0 Å². The number of benzene rings is 1. The highest BCUT2D eigenvalue weighted by Gasteiger charge is 2.14. The molecule has 4 heteroatoms. The molecule has 1 rings (SSSR count). The zero-order valence-corrected chi connectivity index (χ0v) is 12.5. The Labute approximate surface area is 120 Å². The van der Waals surface area contributed by atoms with E-state index in [0.717, 1.165) is 25.8 Å². The number of halogens is 1. The van der Waals surface area contributed by atoms with E-state index in [1.807, 2.05) is 0 Å². The number of carboxylic acid groups (broad SMARTS) is 1. The lowest BCUT2D eigenvalue weighted by Gasteiger charge is -2.26. The molecule has 1 N–H and O–H groups in total. The largest absolute Gasteiger partial charge is 0.478 e. The number of rotatable bonds is 8. The van der Waals surface area contributed by atoms with E-state index in [0.29, 0.717) is 18.2 Å². The molecule has 3 nitrogen and oxygen atoms in total. The molecule has 0 amide bonds. The summed E-state index contributed by atoms with van der Waals surface area (Å²) in [5, 5.41) is 8.98. The molecule has 0 saturated heterocycles. The third kappa shape index (κ3) is 4.93. The first-order chi connectivity index (χ1) is 9.45. The second-order valence-electron chi connectivity index (χ2n) is 5.38. The standard InChI is InChI=1S/C16H24FNO2/c1-4-5-6-9-18(12(2)3)11-14-10-13(16(19)20)7-8-15(14)17/h7-8,10,12H,4-6,9,11H2,1-3H3,(H,19,20). The van der Waals surface area contributed by atoms with E-state index in [4.69, 9.17) is 5.11 Å². The van der Waals surface area contributed by atoms with Gasteiger partial charge in [0.2, 0.25) is 0 Å². The van der Waals surface area contributed by atoms with Gasteiger partial charge in [0.25, 0.3) is 0 Å². The van der Waals surface area contributed by atoms with Gasteiger partial charge in [0, 0.05) is 18.2 Å². The lowest BCUT2D eigenvalue weighted by Crippen LogP contribution is -2.31. The van der Waals surface area contributed by atoms with Crippen molar-refractivity contribution in [1.29, 1.82) is 0 Å². The van der Waals surface area contributed by atoms with Gasteiger partial charge in [0.05, 0.1) is 5.56 Å². The van der Waals surface area contributed by atoms with E-state index in [-0.39, 0.29) is 11.4 Å². The van der Waals surface area contributed by atoms with Gasteiger partial charge in [0.1, 0.15) is 5.82 Å². The number of unbranched alkanes of at least 4 members (excludes halogenated alkanes) is 2. The fourth-order valence-corrected chi connectivity index (χ4v) is 2.13. The summed E-state index contributed by atoms with van der Waals surface area (Å²) in [6, 6.07) is 4.29. The summed E-state index contributed by atoms with van der Waals surface area (Å²) in [6.45, 7) is 7.65. The number of carboxylic acids is 1. The van der Waals surface area contributed by atoms with Crippen molar-refractivity contribution in [3.63, 3.8) is 0 Å². The smallest absolute Gasteiger partial charge is 0.335 e. The van der Waals surface area contributed by atoms with Crippen molar-refractivity contribution < 1.29 is 14.3 Å². The molecule has 1 aromatic rings. The summed E-state index contributed by atoms with van der Waals surface area (Å²) in [5.41, 5.74) is 0.591. The molecule has 0 heterocycles. The van der Waals surface area contributed by atoms with Gasteiger partial charge >= 0.3 is 5.97 Å². The molecule has 1 aromatic carbocycles. The Morgan fingerprint density at radius 1 is 1.35 bits per heavy atom. The second kappa shape index (κ2) is 8.00. The Kier molecular flexibility index (Phi) is 6.65. The maximum atomic E-state index is 13.8. The predicted octanol–water partition coefficient (Wildman–Crippen LogP) is 3.92. The van der Waals surface area contributed by atoms with Crippen molar-refractivity contribution in [1.82, 2.24) is 4.90 Å². The van der Waals surface area contributed by atoms with Crippen LogP contribution in [0.3, 0.4) is 0 Å². The highest BCUT2D eigenvalue weighted by molar-refractivity contribution is 5.87. The monoisotopic (exact) mass is 281 g/mol. The number of hydrogen-bond donors (Lipinski definition) is 1. The molecular weight excluding hydrogens is 257 g/mol. The Morgan fingerprint density at radius 2 is 2.05 bits per heavy atom. The molecule has 0 atom stereocenters. The average Bonchev–Trinajstić information content (AvgIpc) is 2.39. The number of carbonyl (C=O) groups is 1. The van der Waals surface area contributed by atoms with Crippen molar-refractivity contribution in [2.75, 3.05) is 6.54 Å². The van der Waals surface area contributed by atoms with Crippen molar-refractivity contribution in [2.24, 2.45) is 0 Å². The normalized spacial score (nSPS) is 11.3. The van der Waals surface area contributed by atoms with Gasteiger partial charge in [-0.25, -0.2) is 9.18 Å². The zero-order valence-electron chi connectivity index (χ0n) is 12.5. The molecular formula is C16H24FNO2. The first-order valence-electron chi connectivity index (χ1n) is 7.21. The van der Waals surface area contributed by atoms with E-state index in [1.54, 1.807) is 0 Å². The molecule has 0 fully saturated rings. The molecule has 0 spiro atoms. The highest BCUT2D eigenvalue weighted by Crippen LogP contribution is 2.16. The van der Waals surface area contributed by atoms with Crippen LogP contribution in [0, 0.1) is 5.82 Å². The first-order valence-corrected chi connectivity index (χ1v) is 7.21. The van der Waals surface area contributed by atoms with Gasteiger partial charge in [-0.05, 0) is 45.0 Å². The summed E-state index contributed by atoms with van der Waals surface area (Å²) in [7, 11) is 0. The van der Waals surface area contributed by atoms with Crippen LogP contribution in [-0.4, -0.2) is 28.6 Å². The summed E-state index contributed by atoms with van der Waals surface area (Å²) in [5.74, 6) is -1.36. The van der Waals surface area contributed by atoms with Crippen molar-refractivity contribution in [3.05, 3.63) is 35.1 Å². The zero-order chi connectivity index (χ0) is 15.1. The molecule has 0 aliphatic carbocycles. The SMILES string of the molecule is CCCCCN(Cc1cc(C(=O)O)ccc1F)C(C)C. The van der Waals surface area contributed by atoms with Gasteiger partial charge in [-0.2, -0.15) is 0 Å². The van der Waals surface area contributed by atoms with Crippen LogP contribution in [0.15, 0.2) is 18.2 Å². The Hall–Kier alpha value is -1.42. The van der Waals surface area contributed by atoms with Crippen LogP contribution in [0.2, 0.25) is 0 Å². The van der Waals surface area contributed by atoms with E-state index in [1.165, 1.54) is 18.2 Å². The third-order valence-corrected chi connectivity index (χ3v) is 3.45. The Morgan fingerprint density at radius 3 is 2.60 bits per heavy atom. The molecule has 0 radical (unpaired) electrons. The molecule has 0 bridgehead atoms. The number of hydrogen-bond acceptors (Lipinski definition) is 2. The Balaban J connectivity index is 2.81. The highest BCUT2D eigenvalue weighted by atomic mass is 19.1. The summed E-state index contributed by atoms with van der Waals surface area (Å²) in [6.07, 6.45) is 3.38. The minimum absolute atomic E-state index is 0.138. The van der Waals surface area contributed by atoms with Gasteiger partial charge in [-0.1, -0.05) is 19.8 Å². The van der Waals surface area contributed by atoms with Gasteiger partial charge < -0.3 is 5.11 Å². The van der Waals surface area contributed by atoms with E-state index in [9.17, 15) is 9.18 Å². The van der Waals surface area contributed by atoms with Crippen molar-refractivity contribution in [3.8, 4) is 0 Å². The summed E-state index contributed by atoms with van der Waals surface area (Å²) < 4.78 is 13.8. The van der Waals surface area contributed by atoms with Crippen LogP contribution in [0.4, 0.5) is 4.39 Å². The van der Waals surface area contributed by atoms with Crippen LogP contribution in [0.5, 0.6) is 0 Å². The molecule has 112 valence electrons. The second-order valence-corrected chi connectivity index (χ2v) is 5.38. The summed E-state index contributed by atoms with van der Waals surface area (Å²) >= 11 is 0. The fourth-order valence-electron chi connectivity index (χ4n) is 2.13. The molecule has 0 saturated carbocycles. The topological polar surface area (TPSA) is 40.5 Å². The molecule has 0 aliphatic heterocycles. The lowest BCUT2D eigenvalue weighted by atomic mass is 10.1. The number of aromatic carboxylic acids is 1. The maximum absolute atomic E-state index is 13.8. The van der Waals surface area contributed by atoms with E-state index in [2.05, 4.69) is 25.7 Å². The quantitative estimate of drug-likeness (QED) is 0.734. The fraction of sp³-hybridized carbons (Fsp3) is 0.562.